The second kappa shape index (κ2) is 9.09. The van der Waals surface area contributed by atoms with E-state index in [-0.39, 0.29) is 12.0 Å². The van der Waals surface area contributed by atoms with Crippen LogP contribution < -0.4 is 11.1 Å². The van der Waals surface area contributed by atoms with Crippen LogP contribution in [-0.2, 0) is 22.5 Å². The van der Waals surface area contributed by atoms with Crippen molar-refractivity contribution in [1.29, 1.82) is 0 Å². The number of nitrogens with zero attached hydrogens (tertiary/aromatic N) is 1. The van der Waals surface area contributed by atoms with Crippen molar-refractivity contribution < 1.29 is 18.7 Å². The molecular weight excluding hydrogens is 414 g/mol. The molecule has 0 unspecified atom stereocenters. The first-order chi connectivity index (χ1) is 15.0. The second-order valence-corrected chi connectivity index (χ2v) is 8.11. The zero-order valence-corrected chi connectivity index (χ0v) is 17.9. The lowest BCUT2D eigenvalue weighted by Crippen LogP contribution is -2.35. The average molecular weight is 438 g/mol. The largest absolute Gasteiger partial charge is 0.457 e. The molecule has 3 N–H and O–H groups in total. The quantitative estimate of drug-likeness (QED) is 0.561. The summed E-state index contributed by atoms with van der Waals surface area (Å²) in [5.41, 5.74) is 8.77. The predicted octanol–water partition coefficient (Wildman–Crippen LogP) is 4.76. The van der Waals surface area contributed by atoms with E-state index in [0.29, 0.717) is 42.6 Å². The highest BCUT2D eigenvalue weighted by Gasteiger charge is 2.26. The fourth-order valence-electron chi connectivity index (χ4n) is 3.40. The number of nitrogen functional groups attached to an aromatic ring is 1. The van der Waals surface area contributed by atoms with Crippen LogP contribution in [0.15, 0.2) is 53.0 Å². The smallest absolute Gasteiger partial charge is 0.410 e. The molecule has 1 aromatic carbocycles. The molecule has 4 rings (SSSR count). The molecule has 0 aliphatic carbocycles. The van der Waals surface area contributed by atoms with E-state index in [4.69, 9.17) is 14.9 Å². The lowest BCUT2D eigenvalue weighted by molar-refractivity contribution is -0.111. The number of thiophene rings is 1. The lowest BCUT2D eigenvalue weighted by Gasteiger charge is -2.26. The van der Waals surface area contributed by atoms with Crippen LogP contribution in [0.5, 0.6) is 0 Å². The molecule has 0 spiro atoms. The molecule has 0 bridgehead atoms. The zero-order valence-electron chi connectivity index (χ0n) is 17.1. The fourth-order valence-corrected chi connectivity index (χ4v) is 4.59. The van der Waals surface area contributed by atoms with Crippen molar-refractivity contribution in [3.63, 3.8) is 0 Å². The summed E-state index contributed by atoms with van der Waals surface area (Å²) in [5.74, 6) is 1.02. The van der Waals surface area contributed by atoms with Gasteiger partial charge in [-0.15, -0.1) is 11.3 Å². The third-order valence-corrected chi connectivity index (χ3v) is 6.09. The molecule has 2 amide bonds. The van der Waals surface area contributed by atoms with Gasteiger partial charge in [0.1, 0.15) is 16.5 Å². The molecule has 8 heteroatoms. The Morgan fingerprint density at radius 1 is 1.26 bits per heavy atom. The number of fused-ring (bicyclic) bond motifs is 1. The van der Waals surface area contributed by atoms with E-state index in [2.05, 4.69) is 5.32 Å². The van der Waals surface area contributed by atoms with Gasteiger partial charge in [-0.25, -0.2) is 4.79 Å². The molecule has 2 aromatic heterocycles. The minimum absolute atomic E-state index is 0.301. The van der Waals surface area contributed by atoms with E-state index in [0.717, 1.165) is 21.8 Å². The topological polar surface area (TPSA) is 97.8 Å². The van der Waals surface area contributed by atoms with E-state index in [1.807, 2.05) is 42.5 Å². The molecule has 1 aliphatic heterocycles. The maximum absolute atomic E-state index is 12.4. The van der Waals surface area contributed by atoms with Crippen molar-refractivity contribution in [3.05, 3.63) is 64.7 Å². The number of nitrogens with two attached hydrogens (primary N) is 1. The molecule has 0 fully saturated rings. The normalized spacial score (nSPS) is 13.3. The van der Waals surface area contributed by atoms with E-state index >= 15 is 0 Å². The molecule has 3 aromatic rings. The van der Waals surface area contributed by atoms with Crippen LogP contribution in [0.3, 0.4) is 0 Å². The minimum Gasteiger partial charge on any atom is -0.457 e. The van der Waals surface area contributed by atoms with Crippen molar-refractivity contribution in [3.8, 4) is 11.3 Å². The van der Waals surface area contributed by atoms with Gasteiger partial charge < -0.3 is 25.1 Å². The van der Waals surface area contributed by atoms with Gasteiger partial charge in [0.15, 0.2) is 0 Å². The summed E-state index contributed by atoms with van der Waals surface area (Å²) < 4.78 is 10.9. The van der Waals surface area contributed by atoms with Gasteiger partial charge in [0, 0.05) is 23.1 Å². The third-order valence-electron chi connectivity index (χ3n) is 4.94. The summed E-state index contributed by atoms with van der Waals surface area (Å²) in [4.78, 5) is 27.0. The molecule has 3 heterocycles. The van der Waals surface area contributed by atoms with Crippen LogP contribution in [0, 0.1) is 0 Å². The Morgan fingerprint density at radius 2 is 2.06 bits per heavy atom. The highest BCUT2D eigenvalue weighted by atomic mass is 32.1. The Balaban J connectivity index is 1.41. The molecular formula is C23H23N3O4S. The summed E-state index contributed by atoms with van der Waals surface area (Å²) in [6.07, 6.45) is 3.34. The summed E-state index contributed by atoms with van der Waals surface area (Å²) in [7, 11) is 0. The predicted molar refractivity (Wildman–Crippen MR) is 122 cm³/mol. The first-order valence-electron chi connectivity index (χ1n) is 10.0. The van der Waals surface area contributed by atoms with Gasteiger partial charge in [-0.1, -0.05) is 30.3 Å². The summed E-state index contributed by atoms with van der Waals surface area (Å²) in [5, 5.41) is 3.43. The first kappa shape index (κ1) is 20.7. The standard InChI is InChI=1S/C23H23N3O4S/c1-2-29-23(28)26-13-12-17-19(14-26)31-22(21(17)24)25-20(27)11-9-16-8-10-18(30-16)15-6-4-3-5-7-15/h3-11H,2,12-14,24H2,1H3,(H,25,27)/b11-9+. The molecule has 0 radical (unpaired) electrons. The van der Waals surface area contributed by atoms with Gasteiger partial charge in [-0.2, -0.15) is 0 Å². The maximum atomic E-state index is 12.4. The van der Waals surface area contributed by atoms with Gasteiger partial charge >= 0.3 is 6.09 Å². The third kappa shape index (κ3) is 4.64. The first-order valence-corrected chi connectivity index (χ1v) is 10.8. The fraction of sp³-hybridized carbons (Fsp3) is 0.217. The van der Waals surface area contributed by atoms with Crippen LogP contribution in [0.4, 0.5) is 15.5 Å². The number of hydrogen-bond donors (Lipinski definition) is 2. The highest BCUT2D eigenvalue weighted by Crippen LogP contribution is 2.39. The van der Waals surface area contributed by atoms with Crippen LogP contribution >= 0.6 is 11.3 Å². The molecule has 31 heavy (non-hydrogen) atoms. The van der Waals surface area contributed by atoms with Crippen molar-refractivity contribution in [1.82, 2.24) is 4.90 Å². The van der Waals surface area contributed by atoms with Gasteiger partial charge in [0.2, 0.25) is 5.91 Å². The number of anilines is 2. The Labute approximate surface area is 184 Å². The minimum atomic E-state index is -0.332. The van der Waals surface area contributed by atoms with E-state index in [1.165, 1.54) is 17.4 Å². The van der Waals surface area contributed by atoms with E-state index in [1.54, 1.807) is 17.9 Å². The number of rotatable bonds is 5. The maximum Gasteiger partial charge on any atom is 0.410 e. The van der Waals surface area contributed by atoms with Crippen LogP contribution in [-0.4, -0.2) is 30.1 Å². The summed E-state index contributed by atoms with van der Waals surface area (Å²) in [6.45, 7) is 3.10. The Kier molecular flexibility index (Phi) is 6.08. The molecule has 0 atom stereocenters. The van der Waals surface area contributed by atoms with Gasteiger partial charge in [0.05, 0.1) is 18.8 Å². The Hall–Kier alpha value is -3.52. The lowest BCUT2D eigenvalue weighted by atomic mass is 10.1. The number of carbonyl (C=O) groups is 2. The van der Waals surface area contributed by atoms with E-state index in [9.17, 15) is 9.59 Å². The molecule has 1 aliphatic rings. The number of amides is 2. The monoisotopic (exact) mass is 437 g/mol. The van der Waals surface area contributed by atoms with Crippen molar-refractivity contribution in [2.24, 2.45) is 0 Å². The SMILES string of the molecule is CCOC(=O)N1CCc2c(sc(NC(=O)/C=C/c3ccc(-c4ccccc4)o3)c2N)C1. The van der Waals surface area contributed by atoms with Gasteiger partial charge in [0.25, 0.3) is 0 Å². The Bertz CT molecular complexity index is 1120. The van der Waals surface area contributed by atoms with Crippen molar-refractivity contribution in [2.45, 2.75) is 19.9 Å². The van der Waals surface area contributed by atoms with Crippen LogP contribution in [0.1, 0.15) is 23.1 Å². The van der Waals surface area contributed by atoms with E-state index < -0.39 is 0 Å². The average Bonchev–Trinajstić information content (AvgIpc) is 3.38. The number of benzene rings is 1. The Morgan fingerprint density at radius 3 is 2.84 bits per heavy atom. The molecule has 0 saturated heterocycles. The number of ether oxygens (including phenoxy) is 1. The number of furan rings is 1. The summed E-state index contributed by atoms with van der Waals surface area (Å²) in [6, 6.07) is 13.4. The number of carbonyl (C=O) groups excluding carboxylic acids is 2. The highest BCUT2D eigenvalue weighted by molar-refractivity contribution is 7.17. The van der Waals surface area contributed by atoms with Gasteiger partial charge in [-0.05, 0) is 37.1 Å². The molecule has 0 saturated carbocycles. The second-order valence-electron chi connectivity index (χ2n) is 7.01. The number of nitrogens with one attached hydrogen (secondary N) is 1. The van der Waals surface area contributed by atoms with Crippen LogP contribution in [0.25, 0.3) is 17.4 Å². The van der Waals surface area contributed by atoms with Gasteiger partial charge in [-0.3, -0.25) is 4.79 Å². The molecule has 160 valence electrons. The zero-order chi connectivity index (χ0) is 21.8. The molecule has 7 nitrogen and oxygen atoms in total. The van der Waals surface area contributed by atoms with Crippen molar-refractivity contribution >= 4 is 40.1 Å². The van der Waals surface area contributed by atoms with Crippen LogP contribution in [0.2, 0.25) is 0 Å². The summed E-state index contributed by atoms with van der Waals surface area (Å²) >= 11 is 1.39. The number of hydrogen-bond acceptors (Lipinski definition) is 6. The van der Waals surface area contributed by atoms with Crippen molar-refractivity contribution in [2.75, 3.05) is 24.2 Å².